The van der Waals surface area contributed by atoms with Gasteiger partial charge in [-0.2, -0.15) is 0 Å². The van der Waals surface area contributed by atoms with E-state index in [1.165, 1.54) is 0 Å². The summed E-state index contributed by atoms with van der Waals surface area (Å²) < 4.78 is 0. The minimum absolute atomic E-state index is 0.0481. The lowest BCUT2D eigenvalue weighted by Crippen LogP contribution is -2.40. The standard InChI is InChI=1S/C16H25N3OS/c1-11(2)9-19(12(3)4)10-15(20)18-14-8-6-5-7-13(14)16(17)21/h5-8,11-12H,9-10H2,1-4H3,(H2,17,21)(H,18,20). The number of anilines is 1. The van der Waals surface area contributed by atoms with Crippen molar-refractivity contribution in [3.05, 3.63) is 29.8 Å². The Balaban J connectivity index is 2.75. The molecule has 0 spiro atoms. The maximum atomic E-state index is 12.2. The molecule has 1 aromatic rings. The lowest BCUT2D eigenvalue weighted by molar-refractivity contribution is -0.117. The van der Waals surface area contributed by atoms with Gasteiger partial charge in [-0.1, -0.05) is 38.2 Å². The second-order valence-corrected chi connectivity index (χ2v) is 6.31. The summed E-state index contributed by atoms with van der Waals surface area (Å²) >= 11 is 5.00. The number of hydrogen-bond acceptors (Lipinski definition) is 3. The topological polar surface area (TPSA) is 58.4 Å². The van der Waals surface area contributed by atoms with Gasteiger partial charge in [0.05, 0.1) is 12.2 Å². The molecule has 0 aliphatic rings. The summed E-state index contributed by atoms with van der Waals surface area (Å²) in [6.45, 7) is 9.74. The van der Waals surface area contributed by atoms with Crippen LogP contribution in [-0.2, 0) is 4.79 Å². The molecular formula is C16H25N3OS. The highest BCUT2D eigenvalue weighted by atomic mass is 32.1. The Labute approximate surface area is 132 Å². The van der Waals surface area contributed by atoms with Gasteiger partial charge in [-0.25, -0.2) is 0 Å². The Hall–Kier alpha value is -1.46. The van der Waals surface area contributed by atoms with Crippen molar-refractivity contribution in [3.8, 4) is 0 Å². The van der Waals surface area contributed by atoms with Gasteiger partial charge in [-0.3, -0.25) is 9.69 Å². The van der Waals surface area contributed by atoms with Crippen LogP contribution in [0.3, 0.4) is 0 Å². The average Bonchev–Trinajstić information content (AvgIpc) is 2.37. The van der Waals surface area contributed by atoms with Crippen molar-refractivity contribution < 1.29 is 4.79 Å². The largest absolute Gasteiger partial charge is 0.389 e. The van der Waals surface area contributed by atoms with Crippen LogP contribution in [0.2, 0.25) is 0 Å². The van der Waals surface area contributed by atoms with E-state index in [1.807, 2.05) is 24.3 Å². The smallest absolute Gasteiger partial charge is 0.238 e. The van der Waals surface area contributed by atoms with E-state index in [-0.39, 0.29) is 10.9 Å². The Kier molecular flexibility index (Phi) is 6.78. The molecule has 0 saturated heterocycles. The molecule has 0 bridgehead atoms. The first-order valence-corrected chi connectivity index (χ1v) is 7.64. The first-order valence-electron chi connectivity index (χ1n) is 7.24. The summed E-state index contributed by atoms with van der Waals surface area (Å²) in [5.74, 6) is 0.470. The number of nitrogens with zero attached hydrogens (tertiary/aromatic N) is 1. The molecular weight excluding hydrogens is 282 g/mol. The molecule has 3 N–H and O–H groups in total. The molecule has 0 saturated carbocycles. The molecule has 4 nitrogen and oxygen atoms in total. The molecule has 0 heterocycles. The maximum Gasteiger partial charge on any atom is 0.238 e. The molecule has 0 aliphatic heterocycles. The highest BCUT2D eigenvalue weighted by Crippen LogP contribution is 2.15. The van der Waals surface area contributed by atoms with Crippen LogP contribution in [0.15, 0.2) is 24.3 Å². The number of rotatable bonds is 7. The quantitative estimate of drug-likeness (QED) is 0.760. The monoisotopic (exact) mass is 307 g/mol. The van der Waals surface area contributed by atoms with Crippen LogP contribution in [-0.4, -0.2) is 34.9 Å². The van der Waals surface area contributed by atoms with Crippen LogP contribution >= 0.6 is 12.2 Å². The van der Waals surface area contributed by atoms with Crippen LogP contribution in [0.25, 0.3) is 0 Å². The van der Waals surface area contributed by atoms with Crippen molar-refractivity contribution in [3.63, 3.8) is 0 Å². The minimum atomic E-state index is -0.0481. The number of amides is 1. The van der Waals surface area contributed by atoms with Gasteiger partial charge in [0.15, 0.2) is 0 Å². The van der Waals surface area contributed by atoms with E-state index in [9.17, 15) is 4.79 Å². The van der Waals surface area contributed by atoms with Crippen molar-refractivity contribution in [1.29, 1.82) is 0 Å². The third-order valence-corrected chi connectivity index (χ3v) is 3.36. The molecule has 0 unspecified atom stereocenters. The van der Waals surface area contributed by atoms with E-state index < -0.39 is 0 Å². The van der Waals surface area contributed by atoms with Gasteiger partial charge in [0.1, 0.15) is 4.99 Å². The van der Waals surface area contributed by atoms with E-state index in [1.54, 1.807) is 0 Å². The first kappa shape index (κ1) is 17.6. The van der Waals surface area contributed by atoms with Gasteiger partial charge in [-0.05, 0) is 31.9 Å². The van der Waals surface area contributed by atoms with Crippen LogP contribution in [0.5, 0.6) is 0 Å². The summed E-state index contributed by atoms with van der Waals surface area (Å²) in [6.07, 6.45) is 0. The van der Waals surface area contributed by atoms with Gasteiger partial charge in [0.25, 0.3) is 0 Å². The highest BCUT2D eigenvalue weighted by molar-refractivity contribution is 7.80. The van der Waals surface area contributed by atoms with Crippen LogP contribution in [0, 0.1) is 5.92 Å². The third kappa shape index (κ3) is 5.81. The molecule has 0 aromatic heterocycles. The van der Waals surface area contributed by atoms with Gasteiger partial charge < -0.3 is 11.1 Å². The number of nitrogens with one attached hydrogen (secondary N) is 1. The van der Waals surface area contributed by atoms with Crippen LogP contribution in [0.4, 0.5) is 5.69 Å². The number of hydrogen-bond donors (Lipinski definition) is 2. The predicted octanol–water partition coefficient (Wildman–Crippen LogP) is 2.63. The molecule has 0 aliphatic carbocycles. The zero-order valence-electron chi connectivity index (χ0n) is 13.2. The summed E-state index contributed by atoms with van der Waals surface area (Å²) in [5.41, 5.74) is 7.04. The van der Waals surface area contributed by atoms with E-state index in [2.05, 4.69) is 37.9 Å². The molecule has 0 fully saturated rings. The van der Waals surface area contributed by atoms with E-state index in [0.717, 1.165) is 6.54 Å². The second kappa shape index (κ2) is 8.10. The number of carbonyl (C=O) groups excluding carboxylic acids is 1. The summed E-state index contributed by atoms with van der Waals surface area (Å²) in [7, 11) is 0. The summed E-state index contributed by atoms with van der Waals surface area (Å²) in [5, 5.41) is 2.90. The number of thiocarbonyl (C=S) groups is 1. The molecule has 5 heteroatoms. The Morgan fingerprint density at radius 3 is 2.43 bits per heavy atom. The van der Waals surface area contributed by atoms with Gasteiger partial charge in [-0.15, -0.1) is 0 Å². The molecule has 1 rings (SSSR count). The van der Waals surface area contributed by atoms with Crippen LogP contribution in [0.1, 0.15) is 33.3 Å². The SMILES string of the molecule is CC(C)CN(CC(=O)Nc1ccccc1C(N)=S)C(C)C. The number of carbonyl (C=O) groups is 1. The fraction of sp³-hybridized carbons (Fsp3) is 0.500. The highest BCUT2D eigenvalue weighted by Gasteiger charge is 2.16. The summed E-state index contributed by atoms with van der Waals surface area (Å²) in [6, 6.07) is 7.65. The number of para-hydroxylation sites is 1. The van der Waals surface area contributed by atoms with Crippen molar-refractivity contribution in [2.45, 2.75) is 33.7 Å². The zero-order valence-corrected chi connectivity index (χ0v) is 14.0. The van der Waals surface area contributed by atoms with Gasteiger partial charge in [0.2, 0.25) is 5.91 Å². The molecule has 21 heavy (non-hydrogen) atoms. The normalized spacial score (nSPS) is 11.2. The molecule has 0 radical (unpaired) electrons. The molecule has 0 atom stereocenters. The lowest BCUT2D eigenvalue weighted by Gasteiger charge is -2.27. The number of nitrogens with two attached hydrogens (primary N) is 1. The van der Waals surface area contributed by atoms with Crippen molar-refractivity contribution in [2.24, 2.45) is 11.7 Å². The predicted molar refractivity (Wildman–Crippen MR) is 92.5 cm³/mol. The molecule has 1 aromatic carbocycles. The first-order chi connectivity index (χ1) is 9.81. The van der Waals surface area contributed by atoms with E-state index in [0.29, 0.717) is 29.8 Å². The maximum absolute atomic E-state index is 12.2. The van der Waals surface area contributed by atoms with Crippen molar-refractivity contribution >= 4 is 28.8 Å². The fourth-order valence-corrected chi connectivity index (χ4v) is 2.29. The lowest BCUT2D eigenvalue weighted by atomic mass is 10.1. The Bertz CT molecular complexity index is 500. The molecule has 116 valence electrons. The van der Waals surface area contributed by atoms with Crippen molar-refractivity contribution in [2.75, 3.05) is 18.4 Å². The number of benzene rings is 1. The van der Waals surface area contributed by atoms with E-state index in [4.69, 9.17) is 18.0 Å². The zero-order chi connectivity index (χ0) is 16.0. The molecule has 1 amide bonds. The van der Waals surface area contributed by atoms with Crippen molar-refractivity contribution in [1.82, 2.24) is 4.90 Å². The minimum Gasteiger partial charge on any atom is -0.389 e. The Morgan fingerprint density at radius 1 is 1.29 bits per heavy atom. The fourth-order valence-electron chi connectivity index (χ4n) is 2.11. The second-order valence-electron chi connectivity index (χ2n) is 5.88. The Morgan fingerprint density at radius 2 is 1.90 bits per heavy atom. The average molecular weight is 307 g/mol. The van der Waals surface area contributed by atoms with Gasteiger partial charge >= 0.3 is 0 Å². The van der Waals surface area contributed by atoms with E-state index >= 15 is 0 Å². The van der Waals surface area contributed by atoms with Crippen LogP contribution < -0.4 is 11.1 Å². The van der Waals surface area contributed by atoms with Gasteiger partial charge in [0, 0.05) is 18.2 Å². The summed E-state index contributed by atoms with van der Waals surface area (Å²) in [4.78, 5) is 14.7. The third-order valence-electron chi connectivity index (χ3n) is 3.14.